The van der Waals surface area contributed by atoms with Crippen LogP contribution < -0.4 is 14.8 Å². The lowest BCUT2D eigenvalue weighted by Gasteiger charge is -2.13. The SMILES string of the molecule is CCOc1ccc(-n2c(COc3ccc(C)cc3)nnc2SCC(=O)Nc2ccc(C(C)CC)cc2)cc1. The minimum atomic E-state index is -0.106. The third-order valence-corrected chi connectivity index (χ3v) is 7.13. The number of ether oxygens (including phenoxy) is 2. The molecule has 3 aromatic carbocycles. The van der Waals surface area contributed by atoms with Gasteiger partial charge in [0.2, 0.25) is 5.91 Å². The largest absolute Gasteiger partial charge is 0.494 e. The Morgan fingerprint density at radius 3 is 2.24 bits per heavy atom. The van der Waals surface area contributed by atoms with Gasteiger partial charge < -0.3 is 14.8 Å². The number of carbonyl (C=O) groups excluding carboxylic acids is 1. The molecule has 1 amide bonds. The number of hydrogen-bond donors (Lipinski definition) is 1. The summed E-state index contributed by atoms with van der Waals surface area (Å²) in [6, 6.07) is 23.6. The summed E-state index contributed by atoms with van der Waals surface area (Å²) in [5.74, 6) is 2.76. The predicted octanol–water partition coefficient (Wildman–Crippen LogP) is 6.80. The molecule has 0 bridgehead atoms. The third-order valence-electron chi connectivity index (χ3n) is 6.20. The van der Waals surface area contributed by atoms with Gasteiger partial charge in [0.05, 0.1) is 12.4 Å². The van der Waals surface area contributed by atoms with Gasteiger partial charge in [-0.05, 0) is 80.3 Å². The maximum atomic E-state index is 12.7. The quantitative estimate of drug-likeness (QED) is 0.203. The number of nitrogens with zero attached hydrogens (tertiary/aromatic N) is 3. The molecule has 1 atom stereocenters. The van der Waals surface area contributed by atoms with Crippen LogP contribution in [0.25, 0.3) is 5.69 Å². The molecule has 0 saturated heterocycles. The Labute approximate surface area is 228 Å². The normalized spacial score (nSPS) is 11.7. The highest BCUT2D eigenvalue weighted by Crippen LogP contribution is 2.26. The van der Waals surface area contributed by atoms with Crippen molar-refractivity contribution in [2.75, 3.05) is 17.7 Å². The van der Waals surface area contributed by atoms with E-state index in [9.17, 15) is 4.79 Å². The van der Waals surface area contributed by atoms with Crippen LogP contribution >= 0.6 is 11.8 Å². The van der Waals surface area contributed by atoms with Gasteiger partial charge in [0.1, 0.15) is 18.1 Å². The van der Waals surface area contributed by atoms with Gasteiger partial charge in [-0.25, -0.2) is 0 Å². The van der Waals surface area contributed by atoms with Gasteiger partial charge in [-0.3, -0.25) is 9.36 Å². The number of benzene rings is 3. The van der Waals surface area contributed by atoms with Crippen LogP contribution in [0.15, 0.2) is 78.0 Å². The Morgan fingerprint density at radius 2 is 1.58 bits per heavy atom. The lowest BCUT2D eigenvalue weighted by molar-refractivity contribution is -0.113. The number of aryl methyl sites for hydroxylation is 1. The van der Waals surface area contributed by atoms with E-state index >= 15 is 0 Å². The summed E-state index contributed by atoms with van der Waals surface area (Å²) in [6.07, 6.45) is 1.08. The van der Waals surface area contributed by atoms with Crippen molar-refractivity contribution in [1.29, 1.82) is 0 Å². The van der Waals surface area contributed by atoms with Crippen molar-refractivity contribution in [2.45, 2.75) is 51.8 Å². The second kappa shape index (κ2) is 13.1. The van der Waals surface area contributed by atoms with E-state index in [0.717, 1.165) is 29.3 Å². The van der Waals surface area contributed by atoms with E-state index in [1.54, 1.807) is 0 Å². The number of rotatable bonds is 12. The first-order chi connectivity index (χ1) is 18.5. The fourth-order valence-electron chi connectivity index (χ4n) is 3.84. The molecule has 0 spiro atoms. The molecule has 1 N–H and O–H groups in total. The highest BCUT2D eigenvalue weighted by Gasteiger charge is 2.17. The standard InChI is InChI=1S/C30H34N4O3S/c1-5-22(4)23-9-11-24(12-10-23)31-29(35)20-38-30-33-32-28(19-37-27-15-7-21(3)8-16-27)34(30)25-13-17-26(18-14-25)36-6-2/h7-18,22H,5-6,19-20H2,1-4H3,(H,31,35). The van der Waals surface area contributed by atoms with E-state index in [2.05, 4.69) is 41.5 Å². The molecule has 0 fully saturated rings. The lowest BCUT2D eigenvalue weighted by Crippen LogP contribution is -2.15. The molecule has 1 unspecified atom stereocenters. The summed E-state index contributed by atoms with van der Waals surface area (Å²) in [4.78, 5) is 12.7. The number of anilines is 1. The van der Waals surface area contributed by atoms with Gasteiger partial charge in [0, 0.05) is 11.4 Å². The van der Waals surface area contributed by atoms with Gasteiger partial charge in [0.25, 0.3) is 0 Å². The molecule has 0 radical (unpaired) electrons. The number of thioether (sulfide) groups is 1. The van der Waals surface area contributed by atoms with Gasteiger partial charge in [0.15, 0.2) is 11.0 Å². The van der Waals surface area contributed by atoms with Crippen molar-refractivity contribution in [3.63, 3.8) is 0 Å². The van der Waals surface area contributed by atoms with Crippen molar-refractivity contribution in [3.05, 3.63) is 89.7 Å². The molecule has 1 heterocycles. The Bertz CT molecular complexity index is 1320. The molecule has 4 rings (SSSR count). The summed E-state index contributed by atoms with van der Waals surface area (Å²) in [7, 11) is 0. The smallest absolute Gasteiger partial charge is 0.234 e. The summed E-state index contributed by atoms with van der Waals surface area (Å²) >= 11 is 1.33. The predicted molar refractivity (Wildman–Crippen MR) is 153 cm³/mol. The second-order valence-corrected chi connectivity index (χ2v) is 9.97. The summed E-state index contributed by atoms with van der Waals surface area (Å²) in [6.45, 7) is 9.19. The number of amides is 1. The van der Waals surface area contributed by atoms with Crippen molar-refractivity contribution in [1.82, 2.24) is 14.8 Å². The molecule has 0 aliphatic carbocycles. The third kappa shape index (κ3) is 7.16. The van der Waals surface area contributed by atoms with Gasteiger partial charge >= 0.3 is 0 Å². The second-order valence-electron chi connectivity index (χ2n) is 9.03. The topological polar surface area (TPSA) is 78.3 Å². The van der Waals surface area contributed by atoms with Crippen LogP contribution in [0.3, 0.4) is 0 Å². The molecule has 1 aromatic heterocycles. The number of carbonyl (C=O) groups is 1. The van der Waals surface area contributed by atoms with E-state index in [1.165, 1.54) is 22.9 Å². The Morgan fingerprint density at radius 1 is 0.921 bits per heavy atom. The molecule has 0 saturated carbocycles. The Hall–Kier alpha value is -3.78. The van der Waals surface area contributed by atoms with Crippen LogP contribution in [0.2, 0.25) is 0 Å². The average molecular weight is 531 g/mol. The maximum absolute atomic E-state index is 12.7. The van der Waals surface area contributed by atoms with Crippen LogP contribution in [0.1, 0.15) is 50.1 Å². The minimum Gasteiger partial charge on any atom is -0.494 e. The first-order valence-electron chi connectivity index (χ1n) is 12.9. The average Bonchev–Trinajstić information content (AvgIpc) is 3.35. The van der Waals surface area contributed by atoms with E-state index < -0.39 is 0 Å². The van der Waals surface area contributed by atoms with Crippen molar-refractivity contribution in [3.8, 4) is 17.2 Å². The Kier molecular flexibility index (Phi) is 9.43. The van der Waals surface area contributed by atoms with Crippen molar-refractivity contribution < 1.29 is 14.3 Å². The molecule has 0 aliphatic heterocycles. The van der Waals surface area contributed by atoms with Crippen molar-refractivity contribution in [2.24, 2.45) is 0 Å². The Balaban J connectivity index is 1.48. The van der Waals surface area contributed by atoms with Crippen LogP contribution in [0.4, 0.5) is 5.69 Å². The van der Waals surface area contributed by atoms with Gasteiger partial charge in [-0.2, -0.15) is 0 Å². The molecule has 198 valence electrons. The molecule has 0 aliphatic rings. The van der Waals surface area contributed by atoms with E-state index in [4.69, 9.17) is 9.47 Å². The molecule has 7 nitrogen and oxygen atoms in total. The molecular weight excluding hydrogens is 496 g/mol. The van der Waals surface area contributed by atoms with Gasteiger partial charge in [-0.15, -0.1) is 10.2 Å². The highest BCUT2D eigenvalue weighted by atomic mass is 32.2. The molecular formula is C30H34N4O3S. The molecule has 4 aromatic rings. The fourth-order valence-corrected chi connectivity index (χ4v) is 4.62. The van der Waals surface area contributed by atoms with Gasteiger partial charge in [-0.1, -0.05) is 55.4 Å². The zero-order valence-electron chi connectivity index (χ0n) is 22.3. The molecule has 8 heteroatoms. The zero-order valence-corrected chi connectivity index (χ0v) is 23.1. The highest BCUT2D eigenvalue weighted by molar-refractivity contribution is 7.99. The van der Waals surface area contributed by atoms with E-state index in [1.807, 2.05) is 79.1 Å². The first kappa shape index (κ1) is 27.3. The summed E-state index contributed by atoms with van der Waals surface area (Å²) in [5.41, 5.74) is 4.08. The monoisotopic (exact) mass is 530 g/mol. The van der Waals surface area contributed by atoms with E-state index in [0.29, 0.717) is 23.5 Å². The first-order valence-corrected chi connectivity index (χ1v) is 13.8. The number of aromatic nitrogens is 3. The molecule has 38 heavy (non-hydrogen) atoms. The lowest BCUT2D eigenvalue weighted by atomic mass is 9.99. The zero-order chi connectivity index (χ0) is 26.9. The fraction of sp³-hybridized carbons (Fsp3) is 0.300. The van der Waals surface area contributed by atoms with Crippen LogP contribution in [-0.4, -0.2) is 33.0 Å². The number of nitrogens with one attached hydrogen (secondary N) is 1. The summed E-state index contributed by atoms with van der Waals surface area (Å²) < 4.78 is 13.5. The number of hydrogen-bond acceptors (Lipinski definition) is 6. The van der Waals surface area contributed by atoms with Crippen LogP contribution in [0, 0.1) is 6.92 Å². The van der Waals surface area contributed by atoms with Crippen LogP contribution in [0.5, 0.6) is 11.5 Å². The maximum Gasteiger partial charge on any atom is 0.234 e. The summed E-state index contributed by atoms with van der Waals surface area (Å²) in [5, 5.41) is 12.4. The van der Waals surface area contributed by atoms with Crippen LogP contribution in [-0.2, 0) is 11.4 Å². The van der Waals surface area contributed by atoms with E-state index in [-0.39, 0.29) is 18.3 Å². The van der Waals surface area contributed by atoms with Crippen molar-refractivity contribution >= 4 is 23.4 Å². The minimum absolute atomic E-state index is 0.106.